The van der Waals surface area contributed by atoms with E-state index in [2.05, 4.69) is 25.2 Å². The molecule has 118 valence electrons. The van der Waals surface area contributed by atoms with Crippen molar-refractivity contribution in [3.05, 3.63) is 29.8 Å². The molecule has 0 saturated heterocycles. The first-order chi connectivity index (χ1) is 9.96. The maximum absolute atomic E-state index is 11.7. The van der Waals surface area contributed by atoms with E-state index < -0.39 is 5.41 Å². The zero-order valence-corrected chi connectivity index (χ0v) is 13.7. The fourth-order valence-electron chi connectivity index (χ4n) is 2.21. The third-order valence-electron chi connectivity index (χ3n) is 3.48. The highest BCUT2D eigenvalue weighted by Crippen LogP contribution is 2.29. The summed E-state index contributed by atoms with van der Waals surface area (Å²) >= 11 is 0. The first kappa shape index (κ1) is 17.5. The van der Waals surface area contributed by atoms with E-state index >= 15 is 0 Å². The molecule has 0 spiro atoms. The number of para-hydroxylation sites is 1. The molecule has 1 aromatic rings. The maximum atomic E-state index is 11.7. The van der Waals surface area contributed by atoms with Gasteiger partial charge in [0.1, 0.15) is 12.4 Å². The Morgan fingerprint density at radius 3 is 2.52 bits per heavy atom. The van der Waals surface area contributed by atoms with E-state index in [1.807, 2.05) is 32.0 Å². The van der Waals surface area contributed by atoms with Crippen LogP contribution in [0.2, 0.25) is 0 Å². The Kier molecular flexibility index (Phi) is 6.69. The second-order valence-electron chi connectivity index (χ2n) is 5.72. The second kappa shape index (κ2) is 8.03. The van der Waals surface area contributed by atoms with E-state index in [1.165, 1.54) is 7.11 Å². The summed E-state index contributed by atoms with van der Waals surface area (Å²) in [6.07, 6.45) is 0.981. The normalized spacial score (nSPS) is 12.8. The maximum Gasteiger partial charge on any atom is 0.314 e. The average molecular weight is 293 g/mol. The number of carbonyl (C=O) groups is 1. The van der Waals surface area contributed by atoms with Crippen LogP contribution in [0.1, 0.15) is 45.7 Å². The molecule has 1 atom stereocenters. The summed E-state index contributed by atoms with van der Waals surface area (Å²) in [7, 11) is 1.40. The predicted molar refractivity (Wildman–Crippen MR) is 84.4 cm³/mol. The molecule has 0 amide bonds. The molecule has 0 aliphatic heterocycles. The van der Waals surface area contributed by atoms with E-state index in [0.717, 1.165) is 24.3 Å². The van der Waals surface area contributed by atoms with E-state index in [-0.39, 0.29) is 12.0 Å². The van der Waals surface area contributed by atoms with Crippen LogP contribution in [0.3, 0.4) is 0 Å². The van der Waals surface area contributed by atoms with Gasteiger partial charge in [-0.1, -0.05) is 32.0 Å². The third kappa shape index (κ3) is 4.74. The minimum absolute atomic E-state index is 0.257. The Morgan fingerprint density at radius 1 is 1.29 bits per heavy atom. The van der Waals surface area contributed by atoms with Crippen LogP contribution in [0.15, 0.2) is 24.3 Å². The lowest BCUT2D eigenvalue weighted by atomic mass is 9.95. The van der Waals surface area contributed by atoms with Crippen molar-refractivity contribution in [1.82, 2.24) is 5.32 Å². The van der Waals surface area contributed by atoms with Crippen molar-refractivity contribution in [3.63, 3.8) is 0 Å². The SMILES string of the molecule is CCNC(CC)c1ccccc1OCC(C)(C)C(=O)OC. The number of methoxy groups -OCH3 is 1. The number of esters is 1. The van der Waals surface area contributed by atoms with Gasteiger partial charge in [-0.05, 0) is 32.9 Å². The molecule has 0 aliphatic rings. The van der Waals surface area contributed by atoms with Gasteiger partial charge < -0.3 is 14.8 Å². The van der Waals surface area contributed by atoms with Crippen molar-refractivity contribution in [2.45, 2.75) is 40.2 Å². The number of hydrogen-bond donors (Lipinski definition) is 1. The number of nitrogens with one attached hydrogen (secondary N) is 1. The van der Waals surface area contributed by atoms with E-state index in [0.29, 0.717) is 6.61 Å². The zero-order chi connectivity index (χ0) is 15.9. The van der Waals surface area contributed by atoms with Gasteiger partial charge in [0.2, 0.25) is 0 Å². The molecule has 1 unspecified atom stereocenters. The summed E-state index contributed by atoms with van der Waals surface area (Å²) < 4.78 is 10.7. The van der Waals surface area contributed by atoms with Crippen molar-refractivity contribution >= 4 is 5.97 Å². The standard InChI is InChI=1S/C17H27NO3/c1-6-14(18-7-2)13-10-8-9-11-15(13)21-12-17(3,4)16(19)20-5/h8-11,14,18H,6-7,12H2,1-5H3. The van der Waals surface area contributed by atoms with Crippen molar-refractivity contribution in [3.8, 4) is 5.75 Å². The van der Waals surface area contributed by atoms with Crippen LogP contribution < -0.4 is 10.1 Å². The monoisotopic (exact) mass is 293 g/mol. The van der Waals surface area contributed by atoms with Gasteiger partial charge in [0.05, 0.1) is 12.5 Å². The lowest BCUT2D eigenvalue weighted by molar-refractivity contribution is -0.152. The summed E-state index contributed by atoms with van der Waals surface area (Å²) in [6.45, 7) is 9.07. The minimum atomic E-state index is -0.665. The summed E-state index contributed by atoms with van der Waals surface area (Å²) in [4.78, 5) is 11.7. The highest BCUT2D eigenvalue weighted by atomic mass is 16.5. The highest BCUT2D eigenvalue weighted by Gasteiger charge is 2.30. The Hall–Kier alpha value is -1.55. The van der Waals surface area contributed by atoms with Gasteiger partial charge in [0.25, 0.3) is 0 Å². The molecule has 0 aliphatic carbocycles. The molecule has 4 heteroatoms. The van der Waals surface area contributed by atoms with Crippen molar-refractivity contribution < 1.29 is 14.3 Å². The lowest BCUT2D eigenvalue weighted by Gasteiger charge is -2.24. The Morgan fingerprint density at radius 2 is 1.95 bits per heavy atom. The molecule has 1 aromatic carbocycles. The van der Waals surface area contributed by atoms with Crippen LogP contribution >= 0.6 is 0 Å². The molecule has 1 N–H and O–H groups in total. The van der Waals surface area contributed by atoms with Gasteiger partial charge >= 0.3 is 5.97 Å². The number of carbonyl (C=O) groups excluding carboxylic acids is 1. The highest BCUT2D eigenvalue weighted by molar-refractivity contribution is 5.75. The molecule has 0 bridgehead atoms. The Balaban J connectivity index is 2.87. The van der Waals surface area contributed by atoms with Gasteiger partial charge in [-0.15, -0.1) is 0 Å². The van der Waals surface area contributed by atoms with Crippen molar-refractivity contribution in [1.29, 1.82) is 0 Å². The number of benzene rings is 1. The summed E-state index contributed by atoms with van der Waals surface area (Å²) in [5, 5.41) is 3.45. The van der Waals surface area contributed by atoms with Crippen LogP contribution in [-0.2, 0) is 9.53 Å². The molecule has 1 rings (SSSR count). The van der Waals surface area contributed by atoms with Gasteiger partial charge in [-0.3, -0.25) is 4.79 Å². The second-order valence-corrected chi connectivity index (χ2v) is 5.72. The van der Waals surface area contributed by atoms with Crippen molar-refractivity contribution in [2.24, 2.45) is 5.41 Å². The molecule has 0 radical (unpaired) electrons. The predicted octanol–water partition coefficient (Wildman–Crippen LogP) is 3.33. The first-order valence-electron chi connectivity index (χ1n) is 7.49. The molecule has 0 aromatic heterocycles. The quantitative estimate of drug-likeness (QED) is 0.747. The van der Waals surface area contributed by atoms with Crippen LogP contribution in [0.5, 0.6) is 5.75 Å². The number of hydrogen-bond acceptors (Lipinski definition) is 4. The molecule has 21 heavy (non-hydrogen) atoms. The Bertz CT molecular complexity index is 457. The molecule has 0 fully saturated rings. The fourth-order valence-corrected chi connectivity index (χ4v) is 2.21. The molecular weight excluding hydrogens is 266 g/mol. The molecule has 0 saturated carbocycles. The first-order valence-corrected chi connectivity index (χ1v) is 7.49. The topological polar surface area (TPSA) is 47.6 Å². The van der Waals surface area contributed by atoms with Gasteiger partial charge in [0.15, 0.2) is 0 Å². The number of ether oxygens (including phenoxy) is 2. The third-order valence-corrected chi connectivity index (χ3v) is 3.48. The average Bonchev–Trinajstić information content (AvgIpc) is 2.50. The minimum Gasteiger partial charge on any atom is -0.492 e. The fraction of sp³-hybridized carbons (Fsp3) is 0.588. The Labute approximate surface area is 127 Å². The molecular formula is C17H27NO3. The van der Waals surface area contributed by atoms with Crippen molar-refractivity contribution in [2.75, 3.05) is 20.3 Å². The zero-order valence-electron chi connectivity index (χ0n) is 13.7. The van der Waals surface area contributed by atoms with Crippen LogP contribution in [0, 0.1) is 5.41 Å². The lowest BCUT2D eigenvalue weighted by Crippen LogP contribution is -2.32. The van der Waals surface area contributed by atoms with E-state index in [1.54, 1.807) is 0 Å². The van der Waals surface area contributed by atoms with E-state index in [4.69, 9.17) is 9.47 Å². The van der Waals surface area contributed by atoms with Gasteiger partial charge in [-0.2, -0.15) is 0 Å². The summed E-state index contributed by atoms with van der Waals surface area (Å²) in [5.74, 6) is 0.556. The summed E-state index contributed by atoms with van der Waals surface area (Å²) in [5.41, 5.74) is 0.462. The van der Waals surface area contributed by atoms with Crippen LogP contribution in [-0.4, -0.2) is 26.2 Å². The van der Waals surface area contributed by atoms with E-state index in [9.17, 15) is 4.79 Å². The molecule has 4 nitrogen and oxygen atoms in total. The summed E-state index contributed by atoms with van der Waals surface area (Å²) in [6, 6.07) is 8.23. The molecule has 0 heterocycles. The largest absolute Gasteiger partial charge is 0.492 e. The smallest absolute Gasteiger partial charge is 0.314 e. The van der Waals surface area contributed by atoms with Gasteiger partial charge in [0, 0.05) is 11.6 Å². The number of rotatable bonds is 8. The van der Waals surface area contributed by atoms with Gasteiger partial charge in [-0.25, -0.2) is 0 Å². The van der Waals surface area contributed by atoms with Crippen LogP contribution in [0.25, 0.3) is 0 Å². The van der Waals surface area contributed by atoms with Crippen LogP contribution in [0.4, 0.5) is 0 Å².